The molecule has 0 bridgehead atoms. The Balaban J connectivity index is 1.47. The van der Waals surface area contributed by atoms with Crippen LogP contribution < -0.4 is 5.32 Å². The number of likely N-dealkylation sites (tertiary alicyclic amines) is 1. The first-order chi connectivity index (χ1) is 14.5. The number of aromatic nitrogens is 1. The number of fused-ring (bicyclic) bond motifs is 1. The van der Waals surface area contributed by atoms with Crippen LogP contribution in [-0.2, 0) is 24.3 Å². The van der Waals surface area contributed by atoms with Crippen LogP contribution in [0, 0.1) is 13.8 Å². The van der Waals surface area contributed by atoms with Gasteiger partial charge in [-0.1, -0.05) is 6.42 Å². The molecular weight excluding hydrogens is 396 g/mol. The smallest absolute Gasteiger partial charge is 0.261 e. The first-order valence-corrected chi connectivity index (χ1v) is 11.6. The molecule has 1 saturated heterocycles. The van der Waals surface area contributed by atoms with Gasteiger partial charge in [0, 0.05) is 31.5 Å². The van der Waals surface area contributed by atoms with E-state index in [2.05, 4.69) is 22.2 Å². The minimum atomic E-state index is -0.0348. The first-order valence-electron chi connectivity index (χ1n) is 10.7. The summed E-state index contributed by atoms with van der Waals surface area (Å²) in [6.45, 7) is 6.75. The summed E-state index contributed by atoms with van der Waals surface area (Å²) in [5, 5.41) is 5.01. The van der Waals surface area contributed by atoms with Crippen molar-refractivity contribution in [2.45, 2.75) is 58.7 Å². The predicted octanol–water partition coefficient (Wildman–Crippen LogP) is 3.06. The summed E-state index contributed by atoms with van der Waals surface area (Å²) in [5.74, 6) is 0.207. The summed E-state index contributed by atoms with van der Waals surface area (Å²) in [6, 6.07) is 1.97. The van der Waals surface area contributed by atoms with E-state index in [1.807, 2.05) is 36.4 Å². The third kappa shape index (κ3) is 4.14. The zero-order chi connectivity index (χ0) is 21.3. The van der Waals surface area contributed by atoms with Crippen LogP contribution >= 0.6 is 11.3 Å². The number of nitrogens with zero attached hydrogens (tertiary/aromatic N) is 3. The van der Waals surface area contributed by atoms with Crippen LogP contribution in [0.4, 0.5) is 0 Å². The summed E-state index contributed by atoms with van der Waals surface area (Å²) in [5.41, 5.74) is 5.40. The number of aryl methyl sites for hydroxylation is 2. The van der Waals surface area contributed by atoms with E-state index >= 15 is 0 Å². The molecule has 0 spiro atoms. The summed E-state index contributed by atoms with van der Waals surface area (Å²) >= 11 is 1.47. The van der Waals surface area contributed by atoms with Gasteiger partial charge < -0.3 is 10.2 Å². The van der Waals surface area contributed by atoms with Crippen LogP contribution in [0.2, 0.25) is 0 Å². The maximum absolute atomic E-state index is 13.1. The Morgan fingerprint density at radius 2 is 2.10 bits per heavy atom. The van der Waals surface area contributed by atoms with E-state index in [0.29, 0.717) is 13.1 Å². The normalized spacial score (nSPS) is 19.4. The van der Waals surface area contributed by atoms with Gasteiger partial charge in [0.2, 0.25) is 5.91 Å². The van der Waals surface area contributed by atoms with Crippen molar-refractivity contribution in [3.05, 3.63) is 50.5 Å². The fraction of sp³-hybridized carbons (Fsp3) is 0.522. The molecular formula is C23H30N4O2S. The highest BCUT2D eigenvalue weighted by Crippen LogP contribution is 2.26. The van der Waals surface area contributed by atoms with E-state index in [-0.39, 0.29) is 17.9 Å². The maximum atomic E-state index is 13.1. The monoisotopic (exact) mass is 426 g/mol. The number of likely N-dealkylation sites (N-methyl/N-ethyl adjacent to an activating group) is 1. The molecule has 2 aliphatic rings. The molecule has 2 aromatic heterocycles. The second kappa shape index (κ2) is 8.86. The first kappa shape index (κ1) is 21.0. The number of carbonyl (C=O) groups is 2. The van der Waals surface area contributed by atoms with Crippen molar-refractivity contribution >= 4 is 23.2 Å². The molecule has 1 unspecified atom stereocenters. The van der Waals surface area contributed by atoms with Gasteiger partial charge in [0.05, 0.1) is 10.9 Å². The van der Waals surface area contributed by atoms with Crippen molar-refractivity contribution in [2.75, 3.05) is 20.1 Å². The summed E-state index contributed by atoms with van der Waals surface area (Å²) in [4.78, 5) is 35.2. The lowest BCUT2D eigenvalue weighted by Gasteiger charge is -2.37. The molecule has 1 atom stereocenters. The van der Waals surface area contributed by atoms with E-state index in [1.54, 1.807) is 0 Å². The van der Waals surface area contributed by atoms with Gasteiger partial charge in [-0.3, -0.25) is 19.5 Å². The Bertz CT molecular complexity index is 955. The number of hydrogen-bond acceptors (Lipinski definition) is 5. The third-order valence-electron chi connectivity index (χ3n) is 6.46. The fourth-order valence-electron chi connectivity index (χ4n) is 4.60. The van der Waals surface area contributed by atoms with E-state index < -0.39 is 0 Å². The Morgan fingerprint density at radius 1 is 1.27 bits per heavy atom. The van der Waals surface area contributed by atoms with Crippen LogP contribution in [0.1, 0.15) is 56.9 Å². The molecule has 2 amide bonds. The Hall–Kier alpha value is -2.25. The van der Waals surface area contributed by atoms with Crippen LogP contribution in [0.3, 0.4) is 0 Å². The predicted molar refractivity (Wildman–Crippen MR) is 119 cm³/mol. The summed E-state index contributed by atoms with van der Waals surface area (Å²) in [7, 11) is 2.06. The average molecular weight is 427 g/mol. The number of rotatable bonds is 4. The van der Waals surface area contributed by atoms with Crippen molar-refractivity contribution in [1.82, 2.24) is 20.1 Å². The Kier molecular flexibility index (Phi) is 6.20. The molecule has 0 aliphatic carbocycles. The highest BCUT2D eigenvalue weighted by molar-refractivity contribution is 7.12. The third-order valence-corrected chi connectivity index (χ3v) is 7.47. The van der Waals surface area contributed by atoms with E-state index in [1.165, 1.54) is 23.3 Å². The zero-order valence-corrected chi connectivity index (χ0v) is 18.8. The van der Waals surface area contributed by atoms with Crippen LogP contribution in [-0.4, -0.2) is 52.8 Å². The van der Waals surface area contributed by atoms with Gasteiger partial charge in [-0.2, -0.15) is 0 Å². The zero-order valence-electron chi connectivity index (χ0n) is 18.0. The van der Waals surface area contributed by atoms with Gasteiger partial charge in [-0.15, -0.1) is 11.3 Å². The molecule has 0 aromatic carbocycles. The van der Waals surface area contributed by atoms with Crippen LogP contribution in [0.25, 0.3) is 0 Å². The van der Waals surface area contributed by atoms with Gasteiger partial charge in [-0.05, 0) is 80.4 Å². The lowest BCUT2D eigenvalue weighted by molar-refractivity contribution is -0.138. The highest BCUT2D eigenvalue weighted by atomic mass is 32.1. The molecule has 4 rings (SSSR count). The molecule has 2 aliphatic heterocycles. The molecule has 0 saturated carbocycles. The van der Waals surface area contributed by atoms with E-state index in [0.717, 1.165) is 59.6 Å². The number of amides is 2. The minimum absolute atomic E-state index is 0.00602. The van der Waals surface area contributed by atoms with Crippen molar-refractivity contribution < 1.29 is 9.59 Å². The molecule has 2 aromatic rings. The molecule has 160 valence electrons. The second-order valence-electron chi connectivity index (χ2n) is 8.44. The highest BCUT2D eigenvalue weighted by Gasteiger charge is 2.32. The molecule has 7 heteroatoms. The van der Waals surface area contributed by atoms with Gasteiger partial charge in [0.15, 0.2) is 0 Å². The lowest BCUT2D eigenvalue weighted by atomic mass is 9.93. The molecule has 4 heterocycles. The minimum Gasteiger partial charge on any atom is -0.347 e. The molecule has 1 N–H and O–H groups in total. The largest absolute Gasteiger partial charge is 0.347 e. The quantitative estimate of drug-likeness (QED) is 0.816. The van der Waals surface area contributed by atoms with E-state index in [9.17, 15) is 9.59 Å². The standard InChI is InChI=1S/C23H30N4O2S/c1-15-8-11-30-21(15)22(28)25-13-19-16(2)24-12-17-14-27(10-7-18(17)19)23(29)20-6-4-5-9-26(20)3/h8,11-12,20H,4-7,9-10,13-14H2,1-3H3,(H,25,28). The Morgan fingerprint density at radius 3 is 2.83 bits per heavy atom. The molecule has 1 fully saturated rings. The van der Waals surface area contributed by atoms with Crippen LogP contribution in [0.5, 0.6) is 0 Å². The number of pyridine rings is 1. The van der Waals surface area contributed by atoms with E-state index in [4.69, 9.17) is 0 Å². The fourth-order valence-corrected chi connectivity index (χ4v) is 5.44. The average Bonchev–Trinajstić information content (AvgIpc) is 3.18. The second-order valence-corrected chi connectivity index (χ2v) is 9.36. The lowest BCUT2D eigenvalue weighted by Crippen LogP contribution is -2.50. The summed E-state index contributed by atoms with van der Waals surface area (Å²) < 4.78 is 0. The van der Waals surface area contributed by atoms with Gasteiger partial charge >= 0.3 is 0 Å². The number of piperidine rings is 1. The SMILES string of the molecule is Cc1ccsc1C(=O)NCc1c(C)ncc2c1CCN(C(=O)C1CCCCN1C)C2. The van der Waals surface area contributed by atoms with Crippen molar-refractivity contribution in [1.29, 1.82) is 0 Å². The number of hydrogen-bond donors (Lipinski definition) is 1. The summed E-state index contributed by atoms with van der Waals surface area (Å²) in [6.07, 6.45) is 5.96. The van der Waals surface area contributed by atoms with Gasteiger partial charge in [0.1, 0.15) is 0 Å². The molecule has 0 radical (unpaired) electrons. The van der Waals surface area contributed by atoms with Crippen molar-refractivity contribution in [2.24, 2.45) is 0 Å². The van der Waals surface area contributed by atoms with Crippen molar-refractivity contribution in [3.8, 4) is 0 Å². The number of carbonyl (C=O) groups excluding carboxylic acids is 2. The molecule has 6 nitrogen and oxygen atoms in total. The van der Waals surface area contributed by atoms with Gasteiger partial charge in [0.25, 0.3) is 5.91 Å². The number of thiophene rings is 1. The van der Waals surface area contributed by atoms with Crippen LogP contribution in [0.15, 0.2) is 17.6 Å². The molecule has 30 heavy (non-hydrogen) atoms. The van der Waals surface area contributed by atoms with Crippen molar-refractivity contribution in [3.63, 3.8) is 0 Å². The maximum Gasteiger partial charge on any atom is 0.261 e. The topological polar surface area (TPSA) is 65.5 Å². The van der Waals surface area contributed by atoms with Gasteiger partial charge in [-0.25, -0.2) is 0 Å². The Labute approximate surface area is 182 Å². The number of nitrogens with one attached hydrogen (secondary N) is 1.